The van der Waals surface area contributed by atoms with Crippen LogP contribution < -0.4 is 10.3 Å². The van der Waals surface area contributed by atoms with Crippen LogP contribution in [0.15, 0.2) is 86.9 Å². The maximum absolute atomic E-state index is 12.7. The lowest BCUT2D eigenvalue weighted by Gasteiger charge is -2.06. The van der Waals surface area contributed by atoms with Crippen LogP contribution in [0, 0.1) is 17.0 Å². The summed E-state index contributed by atoms with van der Waals surface area (Å²) < 4.78 is 28.4. The predicted octanol–water partition coefficient (Wildman–Crippen LogP) is 3.39. The molecule has 0 unspecified atom stereocenters. The number of hydrogen-bond donors (Lipinski definition) is 2. The lowest BCUT2D eigenvalue weighted by atomic mass is 10.3. The highest BCUT2D eigenvalue weighted by molar-refractivity contribution is 7.92. The third kappa shape index (κ3) is 4.71. The van der Waals surface area contributed by atoms with Crippen molar-refractivity contribution in [3.8, 4) is 5.69 Å². The third-order valence-corrected chi connectivity index (χ3v) is 5.91. The topological polar surface area (TPSA) is 178 Å². The summed E-state index contributed by atoms with van der Waals surface area (Å²) in [5.74, 6) is -0.0569. The van der Waals surface area contributed by atoms with Crippen molar-refractivity contribution in [2.75, 3.05) is 4.72 Å². The molecule has 34 heavy (non-hydrogen) atoms. The quantitative estimate of drug-likeness (QED) is 0.231. The minimum absolute atomic E-state index is 0.0303. The van der Waals surface area contributed by atoms with E-state index in [1.165, 1.54) is 65.6 Å². The number of nitro groups is 1. The first-order valence-electron chi connectivity index (χ1n) is 9.63. The number of nitrogens with zero attached hydrogens (tertiary/aromatic N) is 6. The minimum Gasteiger partial charge on any atom is -0.293 e. The normalized spacial score (nSPS) is 11.6. The van der Waals surface area contributed by atoms with Gasteiger partial charge in [0.2, 0.25) is 5.95 Å². The molecule has 0 saturated carbocycles. The Morgan fingerprint density at radius 1 is 1.03 bits per heavy atom. The van der Waals surface area contributed by atoms with Gasteiger partial charge in [-0.3, -0.25) is 20.0 Å². The molecule has 2 aromatic carbocycles. The van der Waals surface area contributed by atoms with Crippen LogP contribution in [0.2, 0.25) is 0 Å². The number of aromatic amines is 1. The summed E-state index contributed by atoms with van der Waals surface area (Å²) in [5.41, 5.74) is 0.580. The zero-order valence-corrected chi connectivity index (χ0v) is 18.3. The molecule has 2 aromatic heterocycles. The van der Waals surface area contributed by atoms with Crippen molar-refractivity contribution in [1.82, 2.24) is 19.7 Å². The number of benzene rings is 2. The molecule has 4 rings (SSSR count). The van der Waals surface area contributed by atoms with Crippen LogP contribution in [0.4, 0.5) is 23.0 Å². The third-order valence-electron chi connectivity index (χ3n) is 4.56. The summed E-state index contributed by atoms with van der Waals surface area (Å²) in [7, 11) is -3.89. The molecule has 0 fully saturated rings. The Labute approximate surface area is 192 Å². The van der Waals surface area contributed by atoms with E-state index >= 15 is 0 Å². The number of nitrogens with one attached hydrogen (secondary N) is 2. The van der Waals surface area contributed by atoms with Gasteiger partial charge in [0.25, 0.3) is 21.3 Å². The molecule has 0 radical (unpaired) electrons. The van der Waals surface area contributed by atoms with Gasteiger partial charge in [0.1, 0.15) is 0 Å². The van der Waals surface area contributed by atoms with E-state index in [-0.39, 0.29) is 22.2 Å². The zero-order valence-electron chi connectivity index (χ0n) is 17.5. The standard InChI is InChI=1S/C20H16N8O5S/c1-13-18(19(29)27(25-13)15-5-7-16(8-6-15)28(30)31)24-23-14-3-9-17(10-4-14)34(32,33)26-20-21-11-2-12-22-20/h2-12,25H,1H3,(H,21,22,26). The van der Waals surface area contributed by atoms with Gasteiger partial charge in [-0.25, -0.2) is 27.8 Å². The Hall–Kier alpha value is -4.72. The number of H-pyrrole nitrogens is 1. The Bertz CT molecular complexity index is 1530. The van der Waals surface area contributed by atoms with Gasteiger partial charge in [0, 0.05) is 24.5 Å². The second kappa shape index (κ2) is 9.03. The molecule has 0 atom stereocenters. The number of sulfonamides is 1. The molecule has 172 valence electrons. The van der Waals surface area contributed by atoms with Crippen LogP contribution in [0.5, 0.6) is 0 Å². The van der Waals surface area contributed by atoms with Gasteiger partial charge in [-0.1, -0.05) is 0 Å². The molecule has 14 heteroatoms. The molecule has 0 spiro atoms. The van der Waals surface area contributed by atoms with Crippen molar-refractivity contribution in [2.24, 2.45) is 10.2 Å². The van der Waals surface area contributed by atoms with Crippen molar-refractivity contribution < 1.29 is 13.3 Å². The summed E-state index contributed by atoms with van der Waals surface area (Å²) >= 11 is 0. The monoisotopic (exact) mass is 480 g/mol. The number of non-ortho nitro benzene ring substituents is 1. The second-order valence-corrected chi connectivity index (χ2v) is 8.55. The van der Waals surface area contributed by atoms with Gasteiger partial charge in [-0.2, -0.15) is 5.11 Å². The minimum atomic E-state index is -3.89. The Morgan fingerprint density at radius 3 is 2.29 bits per heavy atom. The zero-order chi connectivity index (χ0) is 24.3. The van der Waals surface area contributed by atoms with E-state index in [9.17, 15) is 23.3 Å². The number of aryl methyl sites for hydroxylation is 1. The van der Waals surface area contributed by atoms with E-state index < -0.39 is 20.5 Å². The molecule has 2 N–H and O–H groups in total. The van der Waals surface area contributed by atoms with Gasteiger partial charge in [0.05, 0.1) is 26.9 Å². The van der Waals surface area contributed by atoms with Crippen molar-refractivity contribution >= 4 is 33.0 Å². The van der Waals surface area contributed by atoms with Crippen LogP contribution in [0.3, 0.4) is 0 Å². The van der Waals surface area contributed by atoms with Crippen molar-refractivity contribution in [2.45, 2.75) is 11.8 Å². The fourth-order valence-electron chi connectivity index (χ4n) is 2.89. The summed E-state index contributed by atoms with van der Waals surface area (Å²) in [6.45, 7) is 1.63. The van der Waals surface area contributed by atoms with Crippen molar-refractivity contribution in [3.05, 3.63) is 93.2 Å². The van der Waals surface area contributed by atoms with Gasteiger partial charge in [-0.05, 0) is 49.4 Å². The number of hydrogen-bond acceptors (Lipinski definition) is 9. The number of aromatic nitrogens is 4. The molecule has 0 bridgehead atoms. The van der Waals surface area contributed by atoms with Crippen molar-refractivity contribution in [3.63, 3.8) is 0 Å². The summed E-state index contributed by atoms with van der Waals surface area (Å²) in [5, 5.41) is 21.7. The number of rotatable bonds is 7. The van der Waals surface area contributed by atoms with Crippen LogP contribution in [-0.2, 0) is 10.0 Å². The van der Waals surface area contributed by atoms with Crippen LogP contribution in [0.25, 0.3) is 5.69 Å². The van der Waals surface area contributed by atoms with Gasteiger partial charge >= 0.3 is 0 Å². The molecule has 2 heterocycles. The fourth-order valence-corrected chi connectivity index (χ4v) is 3.85. The maximum atomic E-state index is 12.7. The highest BCUT2D eigenvalue weighted by Crippen LogP contribution is 2.22. The maximum Gasteiger partial charge on any atom is 0.299 e. The number of nitro benzene ring substituents is 1. The highest BCUT2D eigenvalue weighted by Gasteiger charge is 2.16. The van der Waals surface area contributed by atoms with E-state index in [0.29, 0.717) is 17.1 Å². The van der Waals surface area contributed by atoms with E-state index in [2.05, 4.69) is 30.0 Å². The fraction of sp³-hybridized carbons (Fsp3) is 0.0500. The average Bonchev–Trinajstić information content (AvgIpc) is 3.11. The SMILES string of the molecule is Cc1[nH]n(-c2ccc([N+](=O)[O-])cc2)c(=O)c1N=Nc1ccc(S(=O)(=O)Nc2ncccn2)cc1. The van der Waals surface area contributed by atoms with Gasteiger partial charge in [-0.15, -0.1) is 5.11 Å². The Balaban J connectivity index is 1.54. The smallest absolute Gasteiger partial charge is 0.293 e. The highest BCUT2D eigenvalue weighted by atomic mass is 32.2. The second-order valence-electron chi connectivity index (χ2n) is 6.87. The van der Waals surface area contributed by atoms with Gasteiger partial charge < -0.3 is 0 Å². The average molecular weight is 480 g/mol. The largest absolute Gasteiger partial charge is 0.299 e. The van der Waals surface area contributed by atoms with E-state index in [1.807, 2.05) is 0 Å². The Morgan fingerprint density at radius 2 is 1.68 bits per heavy atom. The van der Waals surface area contributed by atoms with Crippen LogP contribution in [-0.4, -0.2) is 33.1 Å². The van der Waals surface area contributed by atoms with Crippen LogP contribution >= 0.6 is 0 Å². The molecule has 0 aliphatic heterocycles. The molecule has 0 aliphatic carbocycles. The number of azo groups is 1. The molecular formula is C20H16N8O5S. The van der Waals surface area contributed by atoms with Gasteiger partial charge in [0.15, 0.2) is 5.69 Å². The predicted molar refractivity (Wildman–Crippen MR) is 121 cm³/mol. The van der Waals surface area contributed by atoms with Crippen molar-refractivity contribution in [1.29, 1.82) is 0 Å². The van der Waals surface area contributed by atoms with E-state index in [1.54, 1.807) is 13.0 Å². The first kappa shape index (κ1) is 22.5. The van der Waals surface area contributed by atoms with Crippen LogP contribution in [0.1, 0.15) is 5.69 Å². The molecule has 4 aromatic rings. The number of anilines is 1. The summed E-state index contributed by atoms with van der Waals surface area (Å²) in [4.78, 5) is 30.6. The molecule has 0 aliphatic rings. The first-order chi connectivity index (χ1) is 16.2. The van der Waals surface area contributed by atoms with E-state index in [0.717, 1.165) is 0 Å². The van der Waals surface area contributed by atoms with E-state index in [4.69, 9.17) is 0 Å². The molecule has 0 saturated heterocycles. The summed E-state index contributed by atoms with van der Waals surface area (Å²) in [6, 6.07) is 12.5. The lowest BCUT2D eigenvalue weighted by Crippen LogP contribution is -2.14. The summed E-state index contributed by atoms with van der Waals surface area (Å²) in [6.07, 6.45) is 2.82. The molecule has 13 nitrogen and oxygen atoms in total. The molecule has 0 amide bonds. The molecular weight excluding hydrogens is 464 g/mol. The lowest BCUT2D eigenvalue weighted by molar-refractivity contribution is -0.384. The first-order valence-corrected chi connectivity index (χ1v) is 11.1. The Kier molecular flexibility index (Phi) is 5.97.